The molecule has 0 aliphatic rings. The molecule has 0 saturated heterocycles. The SMILES string of the molecule is CCC(/C=C(/OC)C(C)=NC)C(C)CCN(C)C. The molecule has 0 fully saturated rings. The summed E-state index contributed by atoms with van der Waals surface area (Å²) in [4.78, 5) is 6.43. The van der Waals surface area contributed by atoms with Gasteiger partial charge in [-0.05, 0) is 58.3 Å². The molecule has 0 aromatic heterocycles. The molecule has 0 bridgehead atoms. The molecule has 0 radical (unpaired) electrons. The van der Waals surface area contributed by atoms with Crippen LogP contribution in [0.25, 0.3) is 0 Å². The van der Waals surface area contributed by atoms with Crippen molar-refractivity contribution < 1.29 is 4.74 Å². The lowest BCUT2D eigenvalue weighted by Crippen LogP contribution is -2.19. The molecule has 0 heterocycles. The molecule has 0 saturated carbocycles. The molecule has 0 rings (SSSR count). The van der Waals surface area contributed by atoms with Crippen molar-refractivity contribution in [3.8, 4) is 0 Å². The van der Waals surface area contributed by atoms with E-state index in [2.05, 4.69) is 43.9 Å². The van der Waals surface area contributed by atoms with Gasteiger partial charge in [0.15, 0.2) is 0 Å². The first-order valence-corrected chi connectivity index (χ1v) is 6.80. The van der Waals surface area contributed by atoms with Crippen LogP contribution in [0.1, 0.15) is 33.6 Å². The molecule has 18 heavy (non-hydrogen) atoms. The van der Waals surface area contributed by atoms with Gasteiger partial charge in [-0.25, -0.2) is 0 Å². The van der Waals surface area contributed by atoms with E-state index in [0.717, 1.165) is 24.4 Å². The van der Waals surface area contributed by atoms with Crippen LogP contribution in [0.4, 0.5) is 0 Å². The lowest BCUT2D eigenvalue weighted by Gasteiger charge is -2.22. The number of hydrogen-bond acceptors (Lipinski definition) is 3. The lowest BCUT2D eigenvalue weighted by atomic mass is 9.88. The fraction of sp³-hybridized carbons (Fsp3) is 0.800. The third kappa shape index (κ3) is 6.20. The maximum Gasteiger partial charge on any atom is 0.135 e. The molecule has 0 aromatic carbocycles. The van der Waals surface area contributed by atoms with Crippen LogP contribution in [0.3, 0.4) is 0 Å². The molecule has 2 unspecified atom stereocenters. The number of rotatable bonds is 8. The molecule has 0 aliphatic carbocycles. The van der Waals surface area contributed by atoms with E-state index in [0.29, 0.717) is 11.8 Å². The summed E-state index contributed by atoms with van der Waals surface area (Å²) in [6, 6.07) is 0. The number of ether oxygens (including phenoxy) is 1. The maximum atomic E-state index is 5.43. The summed E-state index contributed by atoms with van der Waals surface area (Å²) in [6.07, 6.45) is 4.59. The molecule has 106 valence electrons. The van der Waals surface area contributed by atoms with Crippen molar-refractivity contribution in [3.63, 3.8) is 0 Å². The minimum atomic E-state index is 0.552. The number of aliphatic imine (C=N–C) groups is 1. The van der Waals surface area contributed by atoms with Gasteiger partial charge in [-0.3, -0.25) is 4.99 Å². The normalized spacial score (nSPS) is 16.9. The van der Waals surface area contributed by atoms with Crippen LogP contribution in [0.5, 0.6) is 0 Å². The molecule has 3 heteroatoms. The Balaban J connectivity index is 4.70. The van der Waals surface area contributed by atoms with Crippen molar-refractivity contribution in [1.29, 1.82) is 0 Å². The van der Waals surface area contributed by atoms with Gasteiger partial charge in [0.2, 0.25) is 0 Å². The molecular weight excluding hydrogens is 224 g/mol. The van der Waals surface area contributed by atoms with E-state index in [-0.39, 0.29) is 0 Å². The highest BCUT2D eigenvalue weighted by Gasteiger charge is 2.15. The Kier molecular flexibility index (Phi) is 8.73. The molecule has 3 nitrogen and oxygen atoms in total. The van der Waals surface area contributed by atoms with Gasteiger partial charge in [0.05, 0.1) is 12.8 Å². The van der Waals surface area contributed by atoms with E-state index >= 15 is 0 Å². The molecule has 0 aromatic rings. The van der Waals surface area contributed by atoms with E-state index < -0.39 is 0 Å². The van der Waals surface area contributed by atoms with Gasteiger partial charge < -0.3 is 9.64 Å². The zero-order chi connectivity index (χ0) is 14.1. The highest BCUT2D eigenvalue weighted by Crippen LogP contribution is 2.22. The van der Waals surface area contributed by atoms with E-state index in [9.17, 15) is 0 Å². The summed E-state index contributed by atoms with van der Waals surface area (Å²) in [5, 5.41) is 0. The van der Waals surface area contributed by atoms with E-state index in [4.69, 9.17) is 4.74 Å². The first-order valence-electron chi connectivity index (χ1n) is 6.80. The molecule has 0 aliphatic heterocycles. The van der Waals surface area contributed by atoms with Gasteiger partial charge in [-0.1, -0.05) is 13.8 Å². The first-order chi connectivity index (χ1) is 8.46. The van der Waals surface area contributed by atoms with Crippen LogP contribution in [-0.4, -0.2) is 45.4 Å². The van der Waals surface area contributed by atoms with Crippen LogP contribution in [0.15, 0.2) is 16.8 Å². The van der Waals surface area contributed by atoms with E-state index in [1.54, 1.807) is 14.2 Å². The Morgan fingerprint density at radius 3 is 2.39 bits per heavy atom. The maximum absolute atomic E-state index is 5.43. The highest BCUT2D eigenvalue weighted by atomic mass is 16.5. The minimum absolute atomic E-state index is 0.552. The summed E-state index contributed by atoms with van der Waals surface area (Å²) in [7, 11) is 7.77. The van der Waals surface area contributed by atoms with Crippen LogP contribution >= 0.6 is 0 Å². The summed E-state index contributed by atoms with van der Waals surface area (Å²) in [6.45, 7) is 7.68. The van der Waals surface area contributed by atoms with Crippen molar-refractivity contribution in [2.75, 3.05) is 34.8 Å². The summed E-state index contributed by atoms with van der Waals surface area (Å²) >= 11 is 0. The molecule has 0 spiro atoms. The Morgan fingerprint density at radius 1 is 1.39 bits per heavy atom. The fourth-order valence-corrected chi connectivity index (χ4v) is 2.00. The van der Waals surface area contributed by atoms with Crippen LogP contribution in [0.2, 0.25) is 0 Å². The number of nitrogens with zero attached hydrogens (tertiary/aromatic N) is 2. The Hall–Kier alpha value is -0.830. The van der Waals surface area contributed by atoms with Crippen molar-refractivity contribution in [1.82, 2.24) is 4.90 Å². The number of hydrogen-bond donors (Lipinski definition) is 0. The summed E-state index contributed by atoms with van der Waals surface area (Å²) in [5.74, 6) is 2.13. The lowest BCUT2D eigenvalue weighted by molar-refractivity contribution is 0.290. The van der Waals surface area contributed by atoms with Gasteiger partial charge >= 0.3 is 0 Å². The second-order valence-corrected chi connectivity index (χ2v) is 5.19. The van der Waals surface area contributed by atoms with Crippen LogP contribution in [0, 0.1) is 11.8 Å². The van der Waals surface area contributed by atoms with Crippen LogP contribution in [-0.2, 0) is 4.74 Å². The quantitative estimate of drug-likeness (QED) is 0.491. The smallest absolute Gasteiger partial charge is 0.135 e. The van der Waals surface area contributed by atoms with Crippen LogP contribution < -0.4 is 0 Å². The topological polar surface area (TPSA) is 24.8 Å². The van der Waals surface area contributed by atoms with Crippen molar-refractivity contribution >= 4 is 5.71 Å². The van der Waals surface area contributed by atoms with Crippen molar-refractivity contribution in [2.45, 2.75) is 33.6 Å². The highest BCUT2D eigenvalue weighted by molar-refractivity contribution is 5.96. The van der Waals surface area contributed by atoms with Gasteiger partial charge in [-0.2, -0.15) is 0 Å². The van der Waals surface area contributed by atoms with Gasteiger partial charge in [0.1, 0.15) is 5.76 Å². The number of allylic oxidation sites excluding steroid dienone is 2. The average molecular weight is 254 g/mol. The van der Waals surface area contributed by atoms with Gasteiger partial charge in [0.25, 0.3) is 0 Å². The molecule has 0 N–H and O–H groups in total. The zero-order valence-electron chi connectivity index (χ0n) is 13.2. The first kappa shape index (κ1) is 17.2. The molecule has 2 atom stereocenters. The van der Waals surface area contributed by atoms with E-state index in [1.165, 1.54) is 6.42 Å². The van der Waals surface area contributed by atoms with Gasteiger partial charge in [-0.15, -0.1) is 0 Å². The average Bonchev–Trinajstić information content (AvgIpc) is 2.36. The monoisotopic (exact) mass is 254 g/mol. The second-order valence-electron chi connectivity index (χ2n) is 5.19. The number of methoxy groups -OCH3 is 1. The largest absolute Gasteiger partial charge is 0.495 e. The minimum Gasteiger partial charge on any atom is -0.495 e. The Labute approximate surface area is 113 Å². The van der Waals surface area contributed by atoms with Crippen molar-refractivity contribution in [2.24, 2.45) is 16.8 Å². The fourth-order valence-electron chi connectivity index (χ4n) is 2.00. The molecular formula is C15H30N2O. The predicted octanol–water partition coefficient (Wildman–Crippen LogP) is 3.22. The summed E-state index contributed by atoms with van der Waals surface area (Å²) in [5.41, 5.74) is 0.968. The standard InChI is InChI=1S/C15H30N2O/c1-8-14(12(2)9-10-17(5)6)11-15(18-7)13(3)16-4/h11-12,14H,8-10H2,1-7H3/b15-11+,16-13?. The zero-order valence-corrected chi connectivity index (χ0v) is 13.2. The van der Waals surface area contributed by atoms with Crippen molar-refractivity contribution in [3.05, 3.63) is 11.8 Å². The Morgan fingerprint density at radius 2 is 2.00 bits per heavy atom. The van der Waals surface area contributed by atoms with E-state index in [1.807, 2.05) is 6.92 Å². The third-order valence-corrected chi connectivity index (χ3v) is 3.51. The molecule has 0 amide bonds. The second kappa shape index (κ2) is 9.15. The third-order valence-electron chi connectivity index (χ3n) is 3.51. The van der Waals surface area contributed by atoms with Gasteiger partial charge in [0, 0.05) is 7.05 Å². The Bertz CT molecular complexity index is 282. The predicted molar refractivity (Wildman–Crippen MR) is 80.2 cm³/mol. The summed E-state index contributed by atoms with van der Waals surface area (Å²) < 4.78 is 5.43.